The van der Waals surface area contributed by atoms with Gasteiger partial charge in [0.05, 0.1) is 0 Å². The molecule has 0 aromatic heterocycles. The van der Waals surface area contributed by atoms with Crippen molar-refractivity contribution in [3.63, 3.8) is 0 Å². The maximum Gasteiger partial charge on any atom is 0.120 e. The highest BCUT2D eigenvalue weighted by atomic mass is 19.3. The van der Waals surface area contributed by atoms with E-state index in [1.807, 2.05) is 6.08 Å². The summed E-state index contributed by atoms with van der Waals surface area (Å²) in [5, 5.41) is 0. The monoisotopic (exact) mass is 334 g/mol. The van der Waals surface area contributed by atoms with Crippen molar-refractivity contribution >= 4 is 0 Å². The second kappa shape index (κ2) is 6.97. The fraction of sp³-hybridized carbons (Fsp3) is 0.304. The van der Waals surface area contributed by atoms with Gasteiger partial charge in [0.1, 0.15) is 6.10 Å². The molecule has 2 aromatic rings. The lowest BCUT2D eigenvalue weighted by Gasteiger charge is -2.37. The molecule has 2 aliphatic carbocycles. The molecule has 25 heavy (non-hydrogen) atoms. The Bertz CT molecular complexity index is 789. The van der Waals surface area contributed by atoms with Crippen LogP contribution in [0.1, 0.15) is 47.8 Å². The maximum absolute atomic E-state index is 12.7. The fourth-order valence-electron chi connectivity index (χ4n) is 4.35. The van der Waals surface area contributed by atoms with Crippen LogP contribution >= 0.6 is 0 Å². The molecule has 0 radical (unpaired) electrons. The van der Waals surface area contributed by atoms with Crippen LogP contribution in [0.5, 0.6) is 0 Å². The van der Waals surface area contributed by atoms with Crippen molar-refractivity contribution in [2.24, 2.45) is 0 Å². The predicted molar refractivity (Wildman–Crippen MR) is 99.1 cm³/mol. The van der Waals surface area contributed by atoms with Crippen molar-refractivity contribution in [1.82, 2.24) is 0 Å². The Morgan fingerprint density at radius 2 is 1.72 bits per heavy atom. The average molecular weight is 334 g/mol. The van der Waals surface area contributed by atoms with E-state index in [2.05, 4.69) is 72.5 Å². The lowest BCUT2D eigenvalue weighted by Crippen LogP contribution is -2.23. The van der Waals surface area contributed by atoms with E-state index in [1.165, 1.54) is 27.8 Å². The first kappa shape index (κ1) is 16.3. The van der Waals surface area contributed by atoms with Crippen molar-refractivity contribution in [1.29, 1.82) is 0 Å². The van der Waals surface area contributed by atoms with Gasteiger partial charge in [0.15, 0.2) is 0 Å². The molecule has 2 aromatic carbocycles. The molecule has 1 nitrogen and oxygen atoms in total. The summed E-state index contributed by atoms with van der Waals surface area (Å²) in [7, 11) is 0. The molecule has 3 unspecified atom stereocenters. The first-order valence-corrected chi connectivity index (χ1v) is 9.05. The molecule has 0 bridgehead atoms. The zero-order valence-corrected chi connectivity index (χ0v) is 14.5. The topological polar surface area (TPSA) is 9.23 Å². The van der Waals surface area contributed by atoms with Gasteiger partial charge >= 0.3 is 0 Å². The molecule has 0 spiro atoms. The first-order chi connectivity index (χ1) is 12.3. The SMILES string of the molecule is Cc1ccc(C2C3=C(CCC2c2ccccc2)CC(OF)C=C3)cc1. The van der Waals surface area contributed by atoms with Gasteiger partial charge < -0.3 is 0 Å². The second-order valence-corrected chi connectivity index (χ2v) is 7.19. The average Bonchev–Trinajstić information content (AvgIpc) is 2.68. The molecule has 0 saturated carbocycles. The van der Waals surface area contributed by atoms with Gasteiger partial charge in [-0.25, -0.2) is 0 Å². The summed E-state index contributed by atoms with van der Waals surface area (Å²) in [5.41, 5.74) is 6.71. The van der Waals surface area contributed by atoms with Gasteiger partial charge in [-0.15, -0.1) is 0 Å². The lowest BCUT2D eigenvalue weighted by atomic mass is 9.67. The van der Waals surface area contributed by atoms with Crippen molar-refractivity contribution in [2.75, 3.05) is 0 Å². The standard InChI is InChI=1S/C23H23FO/c1-16-7-9-18(10-8-16)23-21(17-5-3-2-4-6-17)13-11-19-15-20(25-24)12-14-22(19)23/h2-10,12,14,20-21,23H,11,13,15H2,1H3. The van der Waals surface area contributed by atoms with Gasteiger partial charge in [-0.1, -0.05) is 77.9 Å². The summed E-state index contributed by atoms with van der Waals surface area (Å²) < 4.78 is 12.7. The zero-order valence-electron chi connectivity index (χ0n) is 14.5. The maximum atomic E-state index is 12.7. The van der Waals surface area contributed by atoms with Gasteiger partial charge in [-0.3, -0.25) is 0 Å². The third kappa shape index (κ3) is 3.19. The van der Waals surface area contributed by atoms with Crippen LogP contribution in [0.3, 0.4) is 0 Å². The van der Waals surface area contributed by atoms with E-state index in [4.69, 9.17) is 0 Å². The molecular formula is C23H23FO. The summed E-state index contributed by atoms with van der Waals surface area (Å²) in [5.74, 6) is 0.777. The van der Waals surface area contributed by atoms with Crippen LogP contribution in [0.2, 0.25) is 0 Å². The number of rotatable bonds is 3. The van der Waals surface area contributed by atoms with Gasteiger partial charge in [0.25, 0.3) is 0 Å². The summed E-state index contributed by atoms with van der Waals surface area (Å²) in [6.45, 7) is 2.12. The summed E-state index contributed by atoms with van der Waals surface area (Å²) >= 11 is 0. The Morgan fingerprint density at radius 3 is 2.44 bits per heavy atom. The van der Waals surface area contributed by atoms with E-state index < -0.39 is 6.10 Å². The van der Waals surface area contributed by atoms with Crippen molar-refractivity contribution in [3.8, 4) is 0 Å². The second-order valence-electron chi connectivity index (χ2n) is 7.19. The van der Waals surface area contributed by atoms with Crippen LogP contribution in [0, 0.1) is 6.92 Å². The fourth-order valence-corrected chi connectivity index (χ4v) is 4.35. The minimum absolute atomic E-state index is 0.323. The van der Waals surface area contributed by atoms with Crippen molar-refractivity contribution in [3.05, 3.63) is 94.6 Å². The van der Waals surface area contributed by atoms with Crippen LogP contribution in [-0.2, 0) is 4.94 Å². The molecule has 0 N–H and O–H groups in total. The quantitative estimate of drug-likeness (QED) is 0.651. The van der Waals surface area contributed by atoms with Gasteiger partial charge in [-0.05, 0) is 46.9 Å². The Kier molecular flexibility index (Phi) is 4.54. The molecule has 0 saturated heterocycles. The minimum atomic E-state index is -0.425. The van der Waals surface area contributed by atoms with Crippen LogP contribution in [0.4, 0.5) is 4.53 Å². The van der Waals surface area contributed by atoms with E-state index in [-0.39, 0.29) is 0 Å². The number of allylic oxidation sites excluding steroid dienone is 2. The van der Waals surface area contributed by atoms with E-state index in [0.29, 0.717) is 18.3 Å². The molecule has 2 heteroatoms. The Labute approximate surface area is 148 Å². The Morgan fingerprint density at radius 1 is 0.960 bits per heavy atom. The number of halogens is 1. The summed E-state index contributed by atoms with van der Waals surface area (Å²) in [6, 6.07) is 19.6. The number of hydrogen-bond acceptors (Lipinski definition) is 1. The molecule has 128 valence electrons. The number of benzene rings is 2. The highest BCUT2D eigenvalue weighted by molar-refractivity contribution is 5.47. The smallest absolute Gasteiger partial charge is 0.120 e. The van der Waals surface area contributed by atoms with E-state index in [9.17, 15) is 4.53 Å². The number of aryl methyl sites for hydroxylation is 1. The van der Waals surface area contributed by atoms with Crippen LogP contribution < -0.4 is 0 Å². The normalized spacial score (nSPS) is 25.8. The van der Waals surface area contributed by atoms with Gasteiger partial charge in [0.2, 0.25) is 0 Å². The lowest BCUT2D eigenvalue weighted by molar-refractivity contribution is -0.161. The molecule has 0 heterocycles. The minimum Gasteiger partial charge on any atom is -0.186 e. The summed E-state index contributed by atoms with van der Waals surface area (Å²) in [6.07, 6.45) is 6.32. The molecule has 0 amide bonds. The third-order valence-electron chi connectivity index (χ3n) is 5.62. The van der Waals surface area contributed by atoms with Crippen molar-refractivity contribution < 1.29 is 9.47 Å². The summed E-state index contributed by atoms with van der Waals surface area (Å²) in [4.78, 5) is 4.09. The molecule has 4 rings (SSSR count). The molecule has 0 fully saturated rings. The van der Waals surface area contributed by atoms with Crippen molar-refractivity contribution in [2.45, 2.75) is 44.1 Å². The zero-order chi connectivity index (χ0) is 17.2. The highest BCUT2D eigenvalue weighted by Crippen LogP contribution is 2.49. The largest absolute Gasteiger partial charge is 0.186 e. The van der Waals surface area contributed by atoms with Gasteiger partial charge in [0, 0.05) is 12.3 Å². The molecule has 2 aliphatic rings. The van der Waals surface area contributed by atoms with E-state index in [0.717, 1.165) is 12.8 Å². The first-order valence-electron chi connectivity index (χ1n) is 9.05. The Balaban J connectivity index is 1.78. The van der Waals surface area contributed by atoms with E-state index >= 15 is 0 Å². The highest BCUT2D eigenvalue weighted by Gasteiger charge is 2.34. The third-order valence-corrected chi connectivity index (χ3v) is 5.62. The molecule has 3 atom stereocenters. The van der Waals surface area contributed by atoms with Crippen LogP contribution in [0.15, 0.2) is 77.9 Å². The van der Waals surface area contributed by atoms with Crippen LogP contribution in [0.25, 0.3) is 0 Å². The molecular weight excluding hydrogens is 311 g/mol. The number of hydrogen-bond donors (Lipinski definition) is 0. The van der Waals surface area contributed by atoms with Gasteiger partial charge in [-0.2, -0.15) is 4.94 Å². The Hall–Kier alpha value is -2.19. The van der Waals surface area contributed by atoms with Crippen LogP contribution in [-0.4, -0.2) is 6.10 Å². The van der Waals surface area contributed by atoms with E-state index in [1.54, 1.807) is 0 Å². The predicted octanol–water partition coefficient (Wildman–Crippen LogP) is 6.18. The molecule has 0 aliphatic heterocycles.